The van der Waals surface area contributed by atoms with Gasteiger partial charge < -0.3 is 0 Å². The SMILES string of the molecule is CCN=C=N.COS(=O)(=O)c1ccc(C)cc1.c1ccc2ncccc2c1. The van der Waals surface area contributed by atoms with Crippen LogP contribution in [-0.2, 0) is 14.3 Å². The fraction of sp³-hybridized carbons (Fsp3) is 0.200. The van der Waals surface area contributed by atoms with E-state index in [4.69, 9.17) is 5.41 Å². The van der Waals surface area contributed by atoms with E-state index < -0.39 is 10.1 Å². The second-order valence-corrected chi connectivity index (χ2v) is 6.93. The number of para-hydroxylation sites is 1. The van der Waals surface area contributed by atoms with Crippen molar-refractivity contribution in [1.82, 2.24) is 4.98 Å². The predicted octanol–water partition coefficient (Wildman–Crippen LogP) is 4.32. The lowest BCUT2D eigenvalue weighted by atomic mass is 10.2. The summed E-state index contributed by atoms with van der Waals surface area (Å²) in [5.74, 6) is 0. The summed E-state index contributed by atoms with van der Waals surface area (Å²) < 4.78 is 26.5. The number of fused-ring (bicyclic) bond motifs is 1. The van der Waals surface area contributed by atoms with Gasteiger partial charge in [0, 0.05) is 18.1 Å². The summed E-state index contributed by atoms with van der Waals surface area (Å²) in [7, 11) is -2.37. The van der Waals surface area contributed by atoms with Gasteiger partial charge in [-0.1, -0.05) is 42.0 Å². The molecule has 3 aromatic rings. The van der Waals surface area contributed by atoms with Gasteiger partial charge in [-0.05, 0) is 38.1 Å². The van der Waals surface area contributed by atoms with Crippen LogP contribution in [0.25, 0.3) is 10.9 Å². The second kappa shape index (κ2) is 11.7. The molecule has 2 aromatic carbocycles. The second-order valence-electron chi connectivity index (χ2n) is 5.22. The lowest BCUT2D eigenvalue weighted by molar-refractivity contribution is 0.398. The first-order valence-electron chi connectivity index (χ1n) is 8.20. The molecule has 1 heterocycles. The van der Waals surface area contributed by atoms with E-state index in [9.17, 15) is 8.42 Å². The molecule has 0 spiro atoms. The van der Waals surface area contributed by atoms with Crippen LogP contribution in [0.3, 0.4) is 0 Å². The molecule has 3 rings (SSSR count). The number of aryl methyl sites for hydroxylation is 1. The Morgan fingerprint density at radius 1 is 1.07 bits per heavy atom. The summed E-state index contributed by atoms with van der Waals surface area (Å²) in [5, 5.41) is 7.39. The highest BCUT2D eigenvalue weighted by Gasteiger charge is 2.11. The minimum absolute atomic E-state index is 0.190. The molecule has 0 aliphatic rings. The van der Waals surface area contributed by atoms with Crippen LogP contribution in [0.5, 0.6) is 0 Å². The maximum atomic E-state index is 11.1. The fourth-order valence-electron chi connectivity index (χ4n) is 1.90. The molecular weight excluding hydrogens is 362 g/mol. The van der Waals surface area contributed by atoms with E-state index >= 15 is 0 Å². The molecule has 0 saturated carbocycles. The molecule has 0 atom stereocenters. The highest BCUT2D eigenvalue weighted by atomic mass is 32.2. The average Bonchev–Trinajstić information content (AvgIpc) is 2.70. The Labute approximate surface area is 160 Å². The molecular formula is C20H23N3O3S. The van der Waals surface area contributed by atoms with E-state index in [1.165, 1.54) is 17.5 Å². The summed E-state index contributed by atoms with van der Waals surface area (Å²) in [6.07, 6.45) is 1.81. The maximum absolute atomic E-state index is 11.1. The van der Waals surface area contributed by atoms with E-state index in [0.717, 1.165) is 18.2 Å². The quantitative estimate of drug-likeness (QED) is 0.537. The lowest BCUT2D eigenvalue weighted by Gasteiger charge is -2.00. The summed E-state index contributed by atoms with van der Waals surface area (Å²) in [4.78, 5) is 7.76. The molecule has 0 amide bonds. The summed E-state index contributed by atoms with van der Waals surface area (Å²) in [5.41, 5.74) is 2.08. The van der Waals surface area contributed by atoms with Crippen molar-refractivity contribution < 1.29 is 12.6 Å². The smallest absolute Gasteiger partial charge is 0.270 e. The molecule has 0 aliphatic heterocycles. The van der Waals surface area contributed by atoms with Crippen LogP contribution < -0.4 is 0 Å². The molecule has 0 saturated heterocycles. The van der Waals surface area contributed by atoms with Gasteiger partial charge in [0.1, 0.15) is 0 Å². The molecule has 27 heavy (non-hydrogen) atoms. The zero-order valence-electron chi connectivity index (χ0n) is 15.6. The Morgan fingerprint density at radius 3 is 2.22 bits per heavy atom. The van der Waals surface area contributed by atoms with Gasteiger partial charge in [0.2, 0.25) is 0 Å². The third kappa shape index (κ3) is 7.92. The Balaban J connectivity index is 0.000000220. The van der Waals surface area contributed by atoms with Crippen molar-refractivity contribution in [2.24, 2.45) is 4.99 Å². The van der Waals surface area contributed by atoms with Gasteiger partial charge in [0.25, 0.3) is 10.1 Å². The number of nitrogens with one attached hydrogen (secondary N) is 1. The monoisotopic (exact) mass is 385 g/mol. The molecule has 0 radical (unpaired) electrons. The topological polar surface area (TPSA) is 92.5 Å². The van der Waals surface area contributed by atoms with Crippen LogP contribution in [-0.4, -0.2) is 33.1 Å². The predicted molar refractivity (Wildman–Crippen MR) is 108 cm³/mol. The van der Waals surface area contributed by atoms with Crippen LogP contribution in [0.4, 0.5) is 0 Å². The molecule has 142 valence electrons. The number of pyridine rings is 1. The van der Waals surface area contributed by atoms with Crippen LogP contribution in [0, 0.1) is 12.3 Å². The van der Waals surface area contributed by atoms with Crippen LogP contribution in [0.2, 0.25) is 0 Å². The highest BCUT2D eigenvalue weighted by molar-refractivity contribution is 7.86. The van der Waals surface area contributed by atoms with Gasteiger partial charge in [0.15, 0.2) is 0 Å². The van der Waals surface area contributed by atoms with E-state index in [-0.39, 0.29) is 4.90 Å². The number of nitrogens with zero attached hydrogens (tertiary/aromatic N) is 2. The molecule has 0 bridgehead atoms. The minimum atomic E-state index is -3.51. The number of aliphatic imine (C=N–C) groups is 1. The number of benzene rings is 2. The molecule has 0 fully saturated rings. The van der Waals surface area contributed by atoms with Gasteiger partial charge in [-0.25, -0.2) is 10.4 Å². The van der Waals surface area contributed by atoms with Crippen molar-refractivity contribution in [2.75, 3.05) is 13.7 Å². The summed E-state index contributed by atoms with van der Waals surface area (Å²) in [6.45, 7) is 4.42. The van der Waals surface area contributed by atoms with Gasteiger partial charge in [-0.2, -0.15) is 8.42 Å². The minimum Gasteiger partial charge on any atom is -0.270 e. The third-order valence-corrected chi connectivity index (χ3v) is 4.57. The zero-order chi connectivity index (χ0) is 20.1. The maximum Gasteiger partial charge on any atom is 0.296 e. The number of hydrogen-bond acceptors (Lipinski definition) is 6. The van der Waals surface area contributed by atoms with Crippen molar-refractivity contribution >= 4 is 27.0 Å². The highest BCUT2D eigenvalue weighted by Crippen LogP contribution is 2.11. The zero-order valence-corrected chi connectivity index (χ0v) is 16.4. The van der Waals surface area contributed by atoms with E-state index in [1.54, 1.807) is 12.1 Å². The Morgan fingerprint density at radius 2 is 1.70 bits per heavy atom. The first kappa shape index (κ1) is 22.2. The molecule has 6 nitrogen and oxygen atoms in total. The lowest BCUT2D eigenvalue weighted by Crippen LogP contribution is -2.02. The van der Waals surface area contributed by atoms with Crippen molar-refractivity contribution in [3.8, 4) is 0 Å². The van der Waals surface area contributed by atoms with Crippen molar-refractivity contribution in [3.63, 3.8) is 0 Å². The van der Waals surface area contributed by atoms with Crippen LogP contribution >= 0.6 is 0 Å². The largest absolute Gasteiger partial charge is 0.296 e. The van der Waals surface area contributed by atoms with E-state index in [0.29, 0.717) is 6.54 Å². The van der Waals surface area contributed by atoms with Gasteiger partial charge in [-0.15, -0.1) is 0 Å². The molecule has 0 aliphatic carbocycles. The van der Waals surface area contributed by atoms with Crippen LogP contribution in [0.15, 0.2) is 76.7 Å². The Bertz CT molecular complexity index is 915. The standard InChI is InChI=1S/C9H7N.C8H10O3S.C3H6N2/c1-2-6-9-8(4-1)5-3-7-10-9;1-7-3-5-8(6-4-7)12(9,10)11-2;1-2-5-3-4/h1-7H;3-6H,1-2H3;4H,2H2,1H3. The number of aromatic nitrogens is 1. The molecule has 1 N–H and O–H groups in total. The first-order chi connectivity index (χ1) is 12.9. The number of hydrogen-bond donors (Lipinski definition) is 1. The average molecular weight is 385 g/mol. The van der Waals surface area contributed by atoms with Gasteiger partial charge >= 0.3 is 0 Å². The molecule has 7 heteroatoms. The van der Waals surface area contributed by atoms with Gasteiger partial charge in [0.05, 0.1) is 23.5 Å². The first-order valence-corrected chi connectivity index (χ1v) is 9.60. The van der Waals surface area contributed by atoms with Gasteiger partial charge in [-0.3, -0.25) is 9.17 Å². The van der Waals surface area contributed by atoms with Crippen molar-refractivity contribution in [2.45, 2.75) is 18.7 Å². The van der Waals surface area contributed by atoms with Crippen molar-refractivity contribution in [1.29, 1.82) is 5.41 Å². The summed E-state index contributed by atoms with van der Waals surface area (Å²) in [6, 6.07) is 20.5. The third-order valence-electron chi connectivity index (χ3n) is 3.28. The van der Waals surface area contributed by atoms with Crippen LogP contribution in [0.1, 0.15) is 12.5 Å². The van der Waals surface area contributed by atoms with Crippen molar-refractivity contribution in [3.05, 3.63) is 72.4 Å². The molecule has 1 aromatic heterocycles. The van der Waals surface area contributed by atoms with E-state index in [1.807, 2.05) is 50.3 Å². The Kier molecular flexibility index (Phi) is 9.61. The van der Waals surface area contributed by atoms with E-state index in [2.05, 4.69) is 26.3 Å². The fourth-order valence-corrected chi connectivity index (χ4v) is 2.56. The Hall–Kier alpha value is -2.86. The number of rotatable bonds is 3. The molecule has 0 unspecified atom stereocenters. The normalized spacial score (nSPS) is 9.89. The summed E-state index contributed by atoms with van der Waals surface area (Å²) >= 11 is 0.